The largest absolute Gasteiger partial charge is 0.573 e. The Kier molecular flexibility index (Phi) is 3.94. The van der Waals surface area contributed by atoms with Crippen LogP contribution in [0.2, 0.25) is 0 Å². The number of ether oxygens (including phenoxy) is 2. The van der Waals surface area contributed by atoms with Gasteiger partial charge in [0.1, 0.15) is 18.1 Å². The number of hydrogen-bond acceptors (Lipinski definition) is 3. The number of halogens is 3. The molecule has 0 atom stereocenters. The third kappa shape index (κ3) is 3.51. The summed E-state index contributed by atoms with van der Waals surface area (Å²) in [6.45, 7) is 2.11. The molecule has 0 aliphatic carbocycles. The molecule has 1 N–H and O–H groups in total. The van der Waals surface area contributed by atoms with E-state index < -0.39 is 6.36 Å². The van der Waals surface area contributed by atoms with Gasteiger partial charge in [0.05, 0.1) is 0 Å². The Morgan fingerprint density at radius 3 is 2.45 bits per heavy atom. The maximum atomic E-state index is 12.1. The summed E-state index contributed by atoms with van der Waals surface area (Å²) in [5.41, 5.74) is 2.77. The van der Waals surface area contributed by atoms with Crippen molar-refractivity contribution in [3.05, 3.63) is 48.0 Å². The van der Waals surface area contributed by atoms with Gasteiger partial charge in [0.15, 0.2) is 0 Å². The molecule has 0 radical (unpaired) electrons. The molecular weight excluding hydrogens is 295 g/mol. The van der Waals surface area contributed by atoms with E-state index in [1.54, 1.807) is 12.1 Å². The smallest absolute Gasteiger partial charge is 0.492 e. The molecule has 0 spiro atoms. The molecule has 1 aliphatic rings. The Bertz CT molecular complexity index is 653. The number of benzene rings is 2. The van der Waals surface area contributed by atoms with Crippen molar-refractivity contribution in [1.82, 2.24) is 5.32 Å². The van der Waals surface area contributed by atoms with Crippen LogP contribution in [0.5, 0.6) is 11.5 Å². The second-order valence-electron chi connectivity index (χ2n) is 4.92. The van der Waals surface area contributed by atoms with Crippen LogP contribution in [0.1, 0.15) is 5.56 Å². The van der Waals surface area contributed by atoms with Crippen LogP contribution < -0.4 is 14.8 Å². The Morgan fingerprint density at radius 2 is 1.73 bits per heavy atom. The van der Waals surface area contributed by atoms with E-state index in [1.165, 1.54) is 12.1 Å². The van der Waals surface area contributed by atoms with E-state index in [2.05, 4.69) is 10.1 Å². The molecular formula is C16H14F3NO2. The minimum Gasteiger partial charge on any atom is -0.492 e. The van der Waals surface area contributed by atoms with Crippen LogP contribution in [0.25, 0.3) is 11.1 Å². The quantitative estimate of drug-likeness (QED) is 0.917. The fourth-order valence-electron chi connectivity index (χ4n) is 2.34. The van der Waals surface area contributed by atoms with Gasteiger partial charge in [-0.05, 0) is 35.4 Å². The van der Waals surface area contributed by atoms with E-state index in [-0.39, 0.29) is 5.75 Å². The Morgan fingerprint density at radius 1 is 1.00 bits per heavy atom. The highest BCUT2D eigenvalue weighted by molar-refractivity contribution is 5.66. The van der Waals surface area contributed by atoms with Crippen LogP contribution in [0, 0.1) is 0 Å². The minimum atomic E-state index is -4.67. The first-order valence-electron chi connectivity index (χ1n) is 6.84. The van der Waals surface area contributed by atoms with Gasteiger partial charge in [0, 0.05) is 18.7 Å². The van der Waals surface area contributed by atoms with Crippen molar-refractivity contribution in [3.63, 3.8) is 0 Å². The van der Waals surface area contributed by atoms with E-state index in [1.807, 2.05) is 18.2 Å². The van der Waals surface area contributed by atoms with E-state index >= 15 is 0 Å². The SMILES string of the molecule is FC(F)(F)Oc1ccc(-c2ccc3c(c2)CNCCO3)cc1. The molecule has 2 aromatic rings. The highest BCUT2D eigenvalue weighted by atomic mass is 19.4. The summed E-state index contributed by atoms with van der Waals surface area (Å²) in [7, 11) is 0. The van der Waals surface area contributed by atoms with Gasteiger partial charge in [-0.2, -0.15) is 0 Å². The summed E-state index contributed by atoms with van der Waals surface area (Å²) in [5.74, 6) is 0.613. The summed E-state index contributed by atoms with van der Waals surface area (Å²) in [4.78, 5) is 0. The van der Waals surface area contributed by atoms with Crippen LogP contribution in [0.3, 0.4) is 0 Å². The maximum absolute atomic E-state index is 12.1. The Hall–Kier alpha value is -2.21. The lowest BCUT2D eigenvalue weighted by Gasteiger charge is -2.11. The zero-order valence-corrected chi connectivity index (χ0v) is 11.6. The molecule has 0 unspecified atom stereocenters. The monoisotopic (exact) mass is 309 g/mol. The van der Waals surface area contributed by atoms with Gasteiger partial charge in [-0.15, -0.1) is 13.2 Å². The summed E-state index contributed by atoms with van der Waals surface area (Å²) in [6.07, 6.45) is -4.67. The molecule has 22 heavy (non-hydrogen) atoms. The molecule has 0 saturated carbocycles. The lowest BCUT2D eigenvalue weighted by Crippen LogP contribution is -2.16. The van der Waals surface area contributed by atoms with Crippen LogP contribution in [0.15, 0.2) is 42.5 Å². The van der Waals surface area contributed by atoms with Crippen molar-refractivity contribution in [2.75, 3.05) is 13.2 Å². The standard InChI is InChI=1S/C16H14F3NO2/c17-16(18,19)22-14-4-1-11(2-5-14)12-3-6-15-13(9-12)10-20-7-8-21-15/h1-6,9,20H,7-8,10H2. The van der Waals surface area contributed by atoms with E-state index in [0.29, 0.717) is 13.2 Å². The van der Waals surface area contributed by atoms with Gasteiger partial charge in [-0.3, -0.25) is 0 Å². The minimum absolute atomic E-state index is 0.226. The average molecular weight is 309 g/mol. The van der Waals surface area contributed by atoms with Crippen LogP contribution in [-0.2, 0) is 6.54 Å². The van der Waals surface area contributed by atoms with Gasteiger partial charge in [-0.25, -0.2) is 0 Å². The summed E-state index contributed by atoms with van der Waals surface area (Å²) < 4.78 is 45.9. The van der Waals surface area contributed by atoms with Gasteiger partial charge < -0.3 is 14.8 Å². The van der Waals surface area contributed by atoms with E-state index in [4.69, 9.17) is 4.74 Å². The number of hydrogen-bond donors (Lipinski definition) is 1. The Labute approximate surface area is 125 Å². The molecule has 6 heteroatoms. The first kappa shape index (κ1) is 14.7. The van der Waals surface area contributed by atoms with Crippen molar-refractivity contribution in [3.8, 4) is 22.6 Å². The van der Waals surface area contributed by atoms with Crippen molar-refractivity contribution in [2.45, 2.75) is 12.9 Å². The molecule has 1 aliphatic heterocycles. The fraction of sp³-hybridized carbons (Fsp3) is 0.250. The summed E-state index contributed by atoms with van der Waals surface area (Å²) in [6, 6.07) is 11.6. The van der Waals surface area contributed by atoms with Crippen LogP contribution in [-0.4, -0.2) is 19.5 Å². The third-order valence-corrected chi connectivity index (χ3v) is 3.33. The summed E-state index contributed by atoms with van der Waals surface area (Å²) in [5, 5.41) is 3.25. The lowest BCUT2D eigenvalue weighted by molar-refractivity contribution is -0.274. The molecule has 0 amide bonds. The molecule has 0 bridgehead atoms. The van der Waals surface area contributed by atoms with Gasteiger partial charge in [0.2, 0.25) is 0 Å². The first-order chi connectivity index (χ1) is 10.5. The van der Waals surface area contributed by atoms with Gasteiger partial charge in [0.25, 0.3) is 0 Å². The highest BCUT2D eigenvalue weighted by Crippen LogP contribution is 2.30. The lowest BCUT2D eigenvalue weighted by atomic mass is 10.0. The number of nitrogens with one attached hydrogen (secondary N) is 1. The molecule has 1 heterocycles. The summed E-state index contributed by atoms with van der Waals surface area (Å²) >= 11 is 0. The molecule has 0 saturated heterocycles. The molecule has 0 aromatic heterocycles. The molecule has 2 aromatic carbocycles. The molecule has 0 fully saturated rings. The Balaban J connectivity index is 1.83. The maximum Gasteiger partial charge on any atom is 0.573 e. The van der Waals surface area contributed by atoms with Crippen LogP contribution in [0.4, 0.5) is 13.2 Å². The second-order valence-corrected chi connectivity index (χ2v) is 4.92. The second kappa shape index (κ2) is 5.88. The number of fused-ring (bicyclic) bond motifs is 1. The zero-order valence-electron chi connectivity index (χ0n) is 11.6. The zero-order chi connectivity index (χ0) is 15.6. The predicted octanol–water partition coefficient (Wildman–Crippen LogP) is 3.73. The van der Waals surface area contributed by atoms with Gasteiger partial charge >= 0.3 is 6.36 Å². The highest BCUT2D eigenvalue weighted by Gasteiger charge is 2.30. The first-order valence-corrected chi connectivity index (χ1v) is 6.84. The predicted molar refractivity (Wildman–Crippen MR) is 75.8 cm³/mol. The average Bonchev–Trinajstić information content (AvgIpc) is 2.71. The number of alkyl halides is 3. The van der Waals surface area contributed by atoms with Crippen LogP contribution >= 0.6 is 0 Å². The van der Waals surface area contributed by atoms with Crippen molar-refractivity contribution >= 4 is 0 Å². The van der Waals surface area contributed by atoms with Crippen molar-refractivity contribution in [1.29, 1.82) is 0 Å². The topological polar surface area (TPSA) is 30.5 Å². The number of rotatable bonds is 2. The van der Waals surface area contributed by atoms with E-state index in [0.717, 1.165) is 29.0 Å². The normalized spacial score (nSPS) is 14.7. The third-order valence-electron chi connectivity index (χ3n) is 3.33. The molecule has 3 nitrogen and oxygen atoms in total. The van der Waals surface area contributed by atoms with Gasteiger partial charge in [-0.1, -0.05) is 18.2 Å². The molecule has 3 rings (SSSR count). The van der Waals surface area contributed by atoms with E-state index in [9.17, 15) is 13.2 Å². The van der Waals surface area contributed by atoms with Crippen molar-refractivity contribution < 1.29 is 22.6 Å². The fourth-order valence-corrected chi connectivity index (χ4v) is 2.34. The molecule has 116 valence electrons. The van der Waals surface area contributed by atoms with Crippen molar-refractivity contribution in [2.24, 2.45) is 0 Å².